The molecule has 0 saturated heterocycles. The largest absolute Gasteiger partial charge is 0.480 e. The Bertz CT molecular complexity index is 627. The predicted octanol–water partition coefficient (Wildman–Crippen LogP) is 2.73. The molecular weight excluding hydrogens is 282 g/mol. The topological polar surface area (TPSA) is 66.4 Å². The van der Waals surface area contributed by atoms with Crippen molar-refractivity contribution in [2.24, 2.45) is 5.92 Å². The van der Waals surface area contributed by atoms with Gasteiger partial charge in [-0.25, -0.2) is 9.97 Å². The molecule has 22 heavy (non-hydrogen) atoms. The first-order chi connectivity index (χ1) is 10.8. The van der Waals surface area contributed by atoms with Gasteiger partial charge < -0.3 is 14.2 Å². The molecule has 0 aromatic carbocycles. The Morgan fingerprint density at radius 1 is 1.09 bits per heavy atom. The molecule has 1 aliphatic rings. The number of methoxy groups -OCH3 is 2. The van der Waals surface area contributed by atoms with Crippen LogP contribution < -0.4 is 14.2 Å². The summed E-state index contributed by atoms with van der Waals surface area (Å²) in [5.74, 6) is 1.79. The van der Waals surface area contributed by atoms with Gasteiger partial charge in [0.2, 0.25) is 11.8 Å². The van der Waals surface area contributed by atoms with E-state index in [1.54, 1.807) is 19.5 Å². The molecule has 1 aliphatic carbocycles. The Balaban J connectivity index is 1.74. The summed E-state index contributed by atoms with van der Waals surface area (Å²) >= 11 is 0. The van der Waals surface area contributed by atoms with Gasteiger partial charge in [0.25, 0.3) is 0 Å². The molecule has 0 N–H and O–H groups in total. The minimum atomic E-state index is 0.272. The van der Waals surface area contributed by atoms with Crippen molar-refractivity contribution in [1.82, 2.24) is 15.0 Å². The molecule has 1 saturated carbocycles. The van der Waals surface area contributed by atoms with E-state index in [4.69, 9.17) is 14.2 Å². The second-order valence-electron chi connectivity index (χ2n) is 5.27. The number of rotatable bonds is 6. The molecule has 2 heterocycles. The Kier molecular flexibility index (Phi) is 4.37. The van der Waals surface area contributed by atoms with E-state index in [2.05, 4.69) is 15.0 Å². The fourth-order valence-corrected chi connectivity index (χ4v) is 2.29. The van der Waals surface area contributed by atoms with Gasteiger partial charge in [-0.3, -0.25) is 0 Å². The Morgan fingerprint density at radius 3 is 2.55 bits per heavy atom. The summed E-state index contributed by atoms with van der Waals surface area (Å²) in [6.07, 6.45) is 7.25. The Hall–Kier alpha value is -2.37. The van der Waals surface area contributed by atoms with Crippen LogP contribution >= 0.6 is 0 Å². The fraction of sp³-hybridized carbons (Fsp3) is 0.438. The van der Waals surface area contributed by atoms with Crippen LogP contribution in [0, 0.1) is 5.92 Å². The van der Waals surface area contributed by atoms with Crippen molar-refractivity contribution in [1.29, 1.82) is 0 Å². The normalized spacial score (nSPS) is 14.3. The van der Waals surface area contributed by atoms with Crippen molar-refractivity contribution in [3.63, 3.8) is 0 Å². The number of aromatic nitrogens is 3. The van der Waals surface area contributed by atoms with Gasteiger partial charge in [-0.1, -0.05) is 6.42 Å². The summed E-state index contributed by atoms with van der Waals surface area (Å²) in [5.41, 5.74) is 1.64. The first-order valence-electron chi connectivity index (χ1n) is 7.34. The van der Waals surface area contributed by atoms with Crippen molar-refractivity contribution in [2.75, 3.05) is 20.8 Å². The molecule has 0 atom stereocenters. The van der Waals surface area contributed by atoms with Crippen molar-refractivity contribution in [3.8, 4) is 28.9 Å². The fourth-order valence-electron chi connectivity index (χ4n) is 2.29. The van der Waals surface area contributed by atoms with Crippen LogP contribution in [0.1, 0.15) is 19.3 Å². The highest BCUT2D eigenvalue weighted by Gasteiger charge is 2.18. The lowest BCUT2D eigenvalue weighted by molar-refractivity contribution is 0.175. The summed E-state index contributed by atoms with van der Waals surface area (Å²) in [6, 6.07) is 4.06. The standard InChI is InChI=1S/C16H19N3O3/c1-20-15-13(9-18-16(19-15)21-2)12-6-7-14(17-8-12)22-10-11-4-3-5-11/h6-9,11H,3-5,10H2,1-2H3. The van der Waals surface area contributed by atoms with Crippen molar-refractivity contribution < 1.29 is 14.2 Å². The number of nitrogens with zero attached hydrogens (tertiary/aromatic N) is 3. The van der Waals surface area contributed by atoms with Gasteiger partial charge in [-0.05, 0) is 24.8 Å². The van der Waals surface area contributed by atoms with Crippen LogP contribution in [-0.4, -0.2) is 35.8 Å². The highest BCUT2D eigenvalue weighted by Crippen LogP contribution is 2.30. The molecule has 0 amide bonds. The van der Waals surface area contributed by atoms with Crippen LogP contribution in [0.4, 0.5) is 0 Å². The van der Waals surface area contributed by atoms with E-state index in [9.17, 15) is 0 Å². The lowest BCUT2D eigenvalue weighted by Gasteiger charge is -2.24. The highest BCUT2D eigenvalue weighted by atomic mass is 16.5. The highest BCUT2D eigenvalue weighted by molar-refractivity contribution is 5.67. The van der Waals surface area contributed by atoms with Gasteiger partial charge in [-0.2, -0.15) is 4.98 Å². The predicted molar refractivity (Wildman–Crippen MR) is 81.2 cm³/mol. The molecule has 6 nitrogen and oxygen atoms in total. The van der Waals surface area contributed by atoms with E-state index in [1.165, 1.54) is 26.4 Å². The second kappa shape index (κ2) is 6.60. The Morgan fingerprint density at radius 2 is 1.95 bits per heavy atom. The average molecular weight is 301 g/mol. The van der Waals surface area contributed by atoms with Crippen LogP contribution in [0.25, 0.3) is 11.1 Å². The number of pyridine rings is 1. The molecular formula is C16H19N3O3. The van der Waals surface area contributed by atoms with Gasteiger partial charge in [-0.15, -0.1) is 0 Å². The van der Waals surface area contributed by atoms with Gasteiger partial charge in [0, 0.05) is 24.0 Å². The molecule has 116 valence electrons. The van der Waals surface area contributed by atoms with E-state index in [-0.39, 0.29) is 6.01 Å². The maximum absolute atomic E-state index is 5.70. The molecule has 1 fully saturated rings. The van der Waals surface area contributed by atoms with E-state index >= 15 is 0 Å². The van der Waals surface area contributed by atoms with Crippen LogP contribution in [0.2, 0.25) is 0 Å². The average Bonchev–Trinajstić information content (AvgIpc) is 2.53. The molecule has 0 unspecified atom stereocenters. The molecule has 3 rings (SSSR count). The summed E-state index contributed by atoms with van der Waals surface area (Å²) in [7, 11) is 3.08. The zero-order valence-electron chi connectivity index (χ0n) is 12.8. The third kappa shape index (κ3) is 3.10. The maximum Gasteiger partial charge on any atom is 0.319 e. The molecule has 0 bridgehead atoms. The van der Waals surface area contributed by atoms with Crippen LogP contribution in [0.5, 0.6) is 17.8 Å². The number of ether oxygens (including phenoxy) is 3. The second-order valence-corrected chi connectivity index (χ2v) is 5.27. The lowest BCUT2D eigenvalue weighted by Crippen LogP contribution is -2.19. The summed E-state index contributed by atoms with van der Waals surface area (Å²) in [6.45, 7) is 0.751. The van der Waals surface area contributed by atoms with Gasteiger partial charge >= 0.3 is 6.01 Å². The summed E-state index contributed by atoms with van der Waals surface area (Å²) in [5, 5.41) is 0. The van der Waals surface area contributed by atoms with Gasteiger partial charge in [0.15, 0.2) is 0 Å². The molecule has 0 aliphatic heterocycles. The van der Waals surface area contributed by atoms with Gasteiger partial charge in [0.1, 0.15) is 0 Å². The van der Waals surface area contributed by atoms with Crippen molar-refractivity contribution in [2.45, 2.75) is 19.3 Å². The van der Waals surface area contributed by atoms with Crippen LogP contribution in [-0.2, 0) is 0 Å². The van der Waals surface area contributed by atoms with E-state index in [0.29, 0.717) is 17.7 Å². The molecule has 2 aromatic rings. The molecule has 0 radical (unpaired) electrons. The van der Waals surface area contributed by atoms with Crippen LogP contribution in [0.3, 0.4) is 0 Å². The van der Waals surface area contributed by atoms with Crippen molar-refractivity contribution in [3.05, 3.63) is 24.5 Å². The van der Waals surface area contributed by atoms with Crippen LogP contribution in [0.15, 0.2) is 24.5 Å². The minimum absolute atomic E-state index is 0.272. The quantitative estimate of drug-likeness (QED) is 0.817. The van der Waals surface area contributed by atoms with E-state index in [1.807, 2.05) is 12.1 Å². The van der Waals surface area contributed by atoms with Crippen molar-refractivity contribution >= 4 is 0 Å². The van der Waals surface area contributed by atoms with E-state index < -0.39 is 0 Å². The smallest absolute Gasteiger partial charge is 0.319 e. The monoisotopic (exact) mass is 301 g/mol. The first-order valence-corrected chi connectivity index (χ1v) is 7.34. The number of hydrogen-bond donors (Lipinski definition) is 0. The summed E-state index contributed by atoms with van der Waals surface area (Å²) in [4.78, 5) is 12.6. The van der Waals surface area contributed by atoms with Gasteiger partial charge in [0.05, 0.1) is 26.4 Å². The minimum Gasteiger partial charge on any atom is -0.480 e. The third-order valence-electron chi connectivity index (χ3n) is 3.85. The van der Waals surface area contributed by atoms with E-state index in [0.717, 1.165) is 17.7 Å². The third-order valence-corrected chi connectivity index (χ3v) is 3.85. The summed E-state index contributed by atoms with van der Waals surface area (Å²) < 4.78 is 16.0. The molecule has 0 spiro atoms. The SMILES string of the molecule is COc1ncc(-c2ccc(OCC3CCC3)nc2)c(OC)n1. The molecule has 6 heteroatoms. The zero-order valence-corrected chi connectivity index (χ0v) is 12.8. The maximum atomic E-state index is 5.70. The first kappa shape index (κ1) is 14.6. The zero-order chi connectivity index (χ0) is 15.4. The Labute approximate surface area is 129 Å². The number of hydrogen-bond acceptors (Lipinski definition) is 6. The molecule has 2 aromatic heterocycles. The lowest BCUT2D eigenvalue weighted by atomic mass is 9.86.